The van der Waals surface area contributed by atoms with Gasteiger partial charge in [0, 0.05) is 38.8 Å². The predicted molar refractivity (Wildman–Crippen MR) is 66.5 cm³/mol. The minimum Gasteiger partial charge on any atom is -0.395 e. The van der Waals surface area contributed by atoms with Crippen LogP contribution in [0, 0.1) is 17.2 Å². The van der Waals surface area contributed by atoms with Crippen LogP contribution in [-0.4, -0.2) is 60.3 Å². The van der Waals surface area contributed by atoms with E-state index in [-0.39, 0.29) is 12.5 Å². The maximum absolute atomic E-state index is 9.21. The normalized spacial score (nSPS) is 32.2. The van der Waals surface area contributed by atoms with E-state index in [0.717, 1.165) is 39.1 Å². The van der Waals surface area contributed by atoms with E-state index in [2.05, 4.69) is 15.9 Å². The Morgan fingerprint density at radius 3 is 2.47 bits per heavy atom. The van der Waals surface area contributed by atoms with Gasteiger partial charge in [0.25, 0.3) is 0 Å². The Morgan fingerprint density at radius 2 is 1.82 bits per heavy atom. The molecule has 1 saturated heterocycles. The van der Waals surface area contributed by atoms with Crippen LogP contribution in [0.5, 0.6) is 0 Å². The molecule has 2 fully saturated rings. The summed E-state index contributed by atoms with van der Waals surface area (Å²) in [6, 6.07) is 2.98. The number of aliphatic hydroxyl groups is 1. The third kappa shape index (κ3) is 3.19. The number of aliphatic hydroxyl groups excluding tert-OH is 1. The number of piperazine rings is 1. The fourth-order valence-corrected chi connectivity index (χ4v) is 3.16. The van der Waals surface area contributed by atoms with Gasteiger partial charge in [-0.25, -0.2) is 0 Å². The van der Waals surface area contributed by atoms with E-state index < -0.39 is 0 Å². The van der Waals surface area contributed by atoms with Crippen LogP contribution in [0.4, 0.5) is 0 Å². The number of hydrogen-bond acceptors (Lipinski definition) is 4. The molecule has 4 heteroatoms. The summed E-state index contributed by atoms with van der Waals surface area (Å²) in [7, 11) is 0. The van der Waals surface area contributed by atoms with Gasteiger partial charge in [0.15, 0.2) is 0 Å². The summed E-state index contributed by atoms with van der Waals surface area (Å²) in [6.45, 7) is 5.24. The number of β-amino-alcohol motifs (C(OH)–C–C–N with tert-alkyl or cyclic N) is 1. The minimum atomic E-state index is 0.244. The molecule has 0 aromatic rings. The van der Waals surface area contributed by atoms with Gasteiger partial charge in [-0.15, -0.1) is 0 Å². The Labute approximate surface area is 104 Å². The van der Waals surface area contributed by atoms with Gasteiger partial charge in [0.2, 0.25) is 0 Å². The first-order valence-electron chi connectivity index (χ1n) is 6.82. The molecule has 1 aliphatic carbocycles. The molecule has 1 N–H and O–H groups in total. The van der Waals surface area contributed by atoms with Gasteiger partial charge < -0.3 is 5.11 Å². The van der Waals surface area contributed by atoms with Crippen LogP contribution < -0.4 is 0 Å². The fourth-order valence-electron chi connectivity index (χ4n) is 3.16. The zero-order valence-corrected chi connectivity index (χ0v) is 10.5. The third-order valence-corrected chi connectivity index (χ3v) is 4.19. The van der Waals surface area contributed by atoms with Gasteiger partial charge >= 0.3 is 0 Å². The number of rotatable bonds is 3. The highest BCUT2D eigenvalue weighted by Gasteiger charge is 2.31. The van der Waals surface area contributed by atoms with Crippen molar-refractivity contribution < 1.29 is 5.11 Å². The fraction of sp³-hybridized carbons (Fsp3) is 0.923. The minimum absolute atomic E-state index is 0.244. The second-order valence-electron chi connectivity index (χ2n) is 5.19. The smallest absolute Gasteiger partial charge is 0.0672 e. The Morgan fingerprint density at radius 1 is 1.12 bits per heavy atom. The van der Waals surface area contributed by atoms with Crippen molar-refractivity contribution in [1.29, 1.82) is 5.26 Å². The molecule has 17 heavy (non-hydrogen) atoms. The highest BCUT2D eigenvalue weighted by Crippen LogP contribution is 2.28. The van der Waals surface area contributed by atoms with Crippen LogP contribution in [0.25, 0.3) is 0 Å². The first-order chi connectivity index (χ1) is 8.35. The molecule has 0 bridgehead atoms. The summed E-state index contributed by atoms with van der Waals surface area (Å²) < 4.78 is 0. The lowest BCUT2D eigenvalue weighted by Crippen LogP contribution is -2.53. The Balaban J connectivity index is 1.84. The average molecular weight is 237 g/mol. The standard InChI is InChI=1S/C13H23N3O/c14-11-12-3-1-2-4-13(12)16-7-5-15(6-8-16)9-10-17/h12-13,17H,1-10H2. The molecule has 2 rings (SSSR count). The lowest BCUT2D eigenvalue weighted by Gasteiger charge is -2.42. The zero-order valence-electron chi connectivity index (χ0n) is 10.5. The molecule has 1 heterocycles. The van der Waals surface area contributed by atoms with Crippen molar-refractivity contribution in [2.75, 3.05) is 39.3 Å². The van der Waals surface area contributed by atoms with Crippen molar-refractivity contribution >= 4 is 0 Å². The Hall–Kier alpha value is -0.630. The Kier molecular flexibility index (Phi) is 4.78. The molecule has 0 aromatic heterocycles. The first-order valence-corrected chi connectivity index (χ1v) is 6.82. The van der Waals surface area contributed by atoms with Crippen LogP contribution >= 0.6 is 0 Å². The summed E-state index contributed by atoms with van der Waals surface area (Å²) in [4.78, 5) is 4.81. The van der Waals surface area contributed by atoms with Crippen LogP contribution in [0.15, 0.2) is 0 Å². The van der Waals surface area contributed by atoms with Crippen molar-refractivity contribution in [2.45, 2.75) is 31.7 Å². The molecule has 2 aliphatic rings. The van der Waals surface area contributed by atoms with E-state index in [9.17, 15) is 5.26 Å². The molecule has 0 radical (unpaired) electrons. The molecule has 0 aromatic carbocycles. The molecule has 4 nitrogen and oxygen atoms in total. The zero-order chi connectivity index (χ0) is 12.1. The van der Waals surface area contributed by atoms with Crippen LogP contribution in [0.2, 0.25) is 0 Å². The highest BCUT2D eigenvalue weighted by atomic mass is 16.3. The monoisotopic (exact) mass is 237 g/mol. The summed E-state index contributed by atoms with van der Waals surface area (Å²) in [6.07, 6.45) is 4.77. The molecular weight excluding hydrogens is 214 g/mol. The van der Waals surface area contributed by atoms with Crippen molar-refractivity contribution in [2.24, 2.45) is 5.92 Å². The van der Waals surface area contributed by atoms with Crippen LogP contribution in [0.1, 0.15) is 25.7 Å². The molecule has 2 atom stereocenters. The van der Waals surface area contributed by atoms with Gasteiger partial charge in [-0.2, -0.15) is 5.26 Å². The lowest BCUT2D eigenvalue weighted by atomic mass is 9.84. The van der Waals surface area contributed by atoms with E-state index in [4.69, 9.17) is 5.11 Å². The van der Waals surface area contributed by atoms with Gasteiger partial charge in [0.1, 0.15) is 0 Å². The number of hydrogen-bond donors (Lipinski definition) is 1. The lowest BCUT2D eigenvalue weighted by molar-refractivity contribution is 0.0560. The van der Waals surface area contributed by atoms with Crippen LogP contribution in [-0.2, 0) is 0 Å². The van der Waals surface area contributed by atoms with E-state index in [1.165, 1.54) is 19.3 Å². The maximum Gasteiger partial charge on any atom is 0.0672 e. The van der Waals surface area contributed by atoms with Gasteiger partial charge in [-0.1, -0.05) is 12.8 Å². The first kappa shape index (κ1) is 12.8. The van der Waals surface area contributed by atoms with Gasteiger partial charge in [0.05, 0.1) is 18.6 Å². The molecule has 96 valence electrons. The predicted octanol–water partition coefficient (Wildman–Crippen LogP) is 0.679. The molecule has 0 amide bonds. The van der Waals surface area contributed by atoms with Crippen LogP contribution in [0.3, 0.4) is 0 Å². The second kappa shape index (κ2) is 6.34. The number of nitriles is 1. The van der Waals surface area contributed by atoms with Crippen molar-refractivity contribution in [3.8, 4) is 6.07 Å². The molecule has 1 aliphatic heterocycles. The Bertz CT molecular complexity index is 268. The van der Waals surface area contributed by atoms with E-state index in [1.54, 1.807) is 0 Å². The SMILES string of the molecule is N#CC1CCCCC1N1CCN(CCO)CC1. The topological polar surface area (TPSA) is 50.5 Å². The van der Waals surface area contributed by atoms with Crippen molar-refractivity contribution in [3.05, 3.63) is 0 Å². The molecule has 1 saturated carbocycles. The summed E-state index contributed by atoms with van der Waals surface area (Å²) >= 11 is 0. The van der Waals surface area contributed by atoms with E-state index in [1.807, 2.05) is 0 Å². The largest absolute Gasteiger partial charge is 0.395 e. The van der Waals surface area contributed by atoms with Gasteiger partial charge in [-0.05, 0) is 12.8 Å². The van der Waals surface area contributed by atoms with E-state index >= 15 is 0 Å². The molecule has 0 spiro atoms. The van der Waals surface area contributed by atoms with E-state index in [0.29, 0.717) is 6.04 Å². The number of nitrogens with zero attached hydrogens (tertiary/aromatic N) is 3. The molecule has 2 unspecified atom stereocenters. The second-order valence-corrected chi connectivity index (χ2v) is 5.19. The van der Waals surface area contributed by atoms with Crippen molar-refractivity contribution in [3.63, 3.8) is 0 Å². The summed E-state index contributed by atoms with van der Waals surface area (Å²) in [5.74, 6) is 0.244. The third-order valence-electron chi connectivity index (χ3n) is 4.19. The average Bonchev–Trinajstić information content (AvgIpc) is 2.40. The highest BCUT2D eigenvalue weighted by molar-refractivity contribution is 4.96. The van der Waals surface area contributed by atoms with Gasteiger partial charge in [-0.3, -0.25) is 9.80 Å². The maximum atomic E-state index is 9.21. The summed E-state index contributed by atoms with van der Waals surface area (Å²) in [5.41, 5.74) is 0. The summed E-state index contributed by atoms with van der Waals surface area (Å²) in [5, 5.41) is 18.1. The quantitative estimate of drug-likeness (QED) is 0.784. The molecular formula is C13H23N3O. The van der Waals surface area contributed by atoms with Crippen molar-refractivity contribution in [1.82, 2.24) is 9.80 Å².